The molecular formula is C22H30N4O3. The molecule has 2 aromatic rings. The Balaban J connectivity index is 1.66. The molecule has 1 aliphatic rings. The van der Waals surface area contributed by atoms with E-state index in [1.165, 1.54) is 0 Å². The van der Waals surface area contributed by atoms with Crippen molar-refractivity contribution >= 4 is 11.9 Å². The maximum atomic E-state index is 12.0. The average molecular weight is 399 g/mol. The van der Waals surface area contributed by atoms with E-state index in [1.807, 2.05) is 30.0 Å². The summed E-state index contributed by atoms with van der Waals surface area (Å²) < 4.78 is 5.33. The Bertz CT molecular complexity index is 830. The summed E-state index contributed by atoms with van der Waals surface area (Å²) in [6, 6.07) is 11.6. The van der Waals surface area contributed by atoms with Crippen molar-refractivity contribution in [3.05, 3.63) is 59.5 Å². The van der Waals surface area contributed by atoms with Crippen molar-refractivity contribution in [1.82, 2.24) is 15.5 Å². The van der Waals surface area contributed by atoms with Gasteiger partial charge in [0.2, 0.25) is 5.91 Å². The van der Waals surface area contributed by atoms with Crippen LogP contribution in [-0.2, 0) is 23.5 Å². The number of benzene rings is 1. The average Bonchev–Trinajstić information content (AvgIpc) is 3.38. The summed E-state index contributed by atoms with van der Waals surface area (Å²) in [5, 5.41) is 17.0. The van der Waals surface area contributed by atoms with Crippen LogP contribution in [0.5, 0.6) is 0 Å². The maximum Gasteiger partial charge on any atom is 0.222 e. The first-order valence-electron chi connectivity index (χ1n) is 10.1. The third-order valence-corrected chi connectivity index (χ3v) is 5.05. The third-order valence-electron chi connectivity index (χ3n) is 5.05. The first-order chi connectivity index (χ1) is 14.0. The number of guanidine groups is 1. The van der Waals surface area contributed by atoms with Crippen molar-refractivity contribution in [2.45, 2.75) is 45.4 Å². The lowest BCUT2D eigenvalue weighted by atomic mass is 10.0. The normalized spacial score (nSPS) is 16.7. The van der Waals surface area contributed by atoms with Gasteiger partial charge in [-0.2, -0.15) is 0 Å². The summed E-state index contributed by atoms with van der Waals surface area (Å²) in [6.45, 7) is 6.59. The first-order valence-corrected chi connectivity index (χ1v) is 10.1. The minimum Gasteiger partial charge on any atom is -0.466 e. The van der Waals surface area contributed by atoms with Gasteiger partial charge in [-0.25, -0.2) is 4.99 Å². The molecule has 29 heavy (non-hydrogen) atoms. The number of hydrogen-bond donors (Lipinski definition) is 3. The molecule has 1 atom stereocenters. The highest BCUT2D eigenvalue weighted by Gasteiger charge is 2.26. The number of aliphatic hydroxyl groups is 1. The number of likely N-dealkylation sites (tertiary alicyclic amines) is 1. The van der Waals surface area contributed by atoms with E-state index in [2.05, 4.69) is 21.7 Å². The molecule has 1 aliphatic heterocycles. The van der Waals surface area contributed by atoms with Crippen molar-refractivity contribution < 1.29 is 14.3 Å². The molecule has 0 saturated carbocycles. The van der Waals surface area contributed by atoms with Crippen molar-refractivity contribution in [1.29, 1.82) is 0 Å². The Morgan fingerprint density at radius 3 is 2.69 bits per heavy atom. The van der Waals surface area contributed by atoms with Crippen LogP contribution in [0, 0.1) is 0 Å². The molecule has 3 rings (SSSR count). The highest BCUT2D eigenvalue weighted by Crippen LogP contribution is 2.20. The molecule has 0 radical (unpaired) electrons. The molecular weight excluding hydrogens is 368 g/mol. The number of carbonyl (C=O) groups is 1. The Morgan fingerprint density at radius 2 is 2.03 bits per heavy atom. The Morgan fingerprint density at radius 1 is 1.24 bits per heavy atom. The Labute approximate surface area is 171 Å². The second kappa shape index (κ2) is 9.60. The van der Waals surface area contributed by atoms with Crippen LogP contribution in [0.4, 0.5) is 0 Å². The molecule has 1 unspecified atom stereocenters. The van der Waals surface area contributed by atoms with Gasteiger partial charge < -0.3 is 25.1 Å². The number of furan rings is 1. The lowest BCUT2D eigenvalue weighted by Gasteiger charge is -2.23. The zero-order valence-electron chi connectivity index (χ0n) is 17.1. The largest absolute Gasteiger partial charge is 0.466 e. The third kappa shape index (κ3) is 5.60. The molecule has 7 nitrogen and oxygen atoms in total. The molecule has 0 aliphatic carbocycles. The highest BCUT2D eigenvalue weighted by atomic mass is 16.4. The zero-order valence-corrected chi connectivity index (χ0v) is 17.1. The van der Waals surface area contributed by atoms with Crippen LogP contribution in [0.25, 0.3) is 0 Å². The zero-order chi connectivity index (χ0) is 20.7. The van der Waals surface area contributed by atoms with Gasteiger partial charge in [-0.3, -0.25) is 4.79 Å². The van der Waals surface area contributed by atoms with Gasteiger partial charge in [0.05, 0.1) is 19.4 Å². The summed E-state index contributed by atoms with van der Waals surface area (Å²) in [4.78, 5) is 18.5. The number of aliphatic imine (C=N–C) groups is 1. The minimum absolute atomic E-state index is 0.221. The molecule has 1 saturated heterocycles. The Hall–Kier alpha value is -2.80. The molecule has 7 heteroatoms. The van der Waals surface area contributed by atoms with Crippen LogP contribution in [0.2, 0.25) is 0 Å². The van der Waals surface area contributed by atoms with Gasteiger partial charge in [0.15, 0.2) is 5.96 Å². The van der Waals surface area contributed by atoms with Gasteiger partial charge >= 0.3 is 0 Å². The fourth-order valence-electron chi connectivity index (χ4n) is 3.38. The molecule has 3 N–H and O–H groups in total. The van der Waals surface area contributed by atoms with Crippen LogP contribution in [0.15, 0.2) is 52.1 Å². The highest BCUT2D eigenvalue weighted by molar-refractivity contribution is 5.80. The summed E-state index contributed by atoms with van der Waals surface area (Å²) in [5.41, 5.74) is 1.06. The predicted octanol–water partition coefficient (Wildman–Crippen LogP) is 2.36. The van der Waals surface area contributed by atoms with Gasteiger partial charge in [-0.15, -0.1) is 0 Å². The van der Waals surface area contributed by atoms with Crippen molar-refractivity contribution in [2.75, 3.05) is 19.6 Å². The summed E-state index contributed by atoms with van der Waals surface area (Å²) in [5.74, 6) is 1.34. The molecule has 0 bridgehead atoms. The van der Waals surface area contributed by atoms with Crippen LogP contribution in [-0.4, -0.2) is 41.5 Å². The van der Waals surface area contributed by atoms with Crippen molar-refractivity contribution in [3.63, 3.8) is 0 Å². The van der Waals surface area contributed by atoms with Crippen LogP contribution >= 0.6 is 0 Å². The van der Waals surface area contributed by atoms with Crippen LogP contribution in [0.1, 0.15) is 43.6 Å². The number of rotatable bonds is 8. The molecule has 2 heterocycles. The number of nitrogens with one attached hydrogen (secondary N) is 2. The van der Waals surface area contributed by atoms with E-state index in [-0.39, 0.29) is 12.5 Å². The summed E-state index contributed by atoms with van der Waals surface area (Å²) >= 11 is 0. The van der Waals surface area contributed by atoms with E-state index in [9.17, 15) is 9.90 Å². The first kappa shape index (κ1) is 20.9. The molecule has 1 amide bonds. The topological polar surface area (TPSA) is 90.1 Å². The van der Waals surface area contributed by atoms with Gasteiger partial charge in [0, 0.05) is 26.1 Å². The minimum atomic E-state index is -1.15. The fraction of sp³-hybridized carbons (Fsp3) is 0.455. The molecule has 156 valence electrons. The maximum absolute atomic E-state index is 12.0. The number of nitrogens with zero attached hydrogens (tertiary/aromatic N) is 2. The quantitative estimate of drug-likeness (QED) is 0.469. The lowest BCUT2D eigenvalue weighted by Crippen LogP contribution is -2.44. The van der Waals surface area contributed by atoms with E-state index in [1.54, 1.807) is 25.3 Å². The lowest BCUT2D eigenvalue weighted by molar-refractivity contribution is -0.128. The summed E-state index contributed by atoms with van der Waals surface area (Å²) in [7, 11) is 0. The van der Waals surface area contributed by atoms with Crippen molar-refractivity contribution in [2.24, 2.45) is 4.99 Å². The van der Waals surface area contributed by atoms with Crippen molar-refractivity contribution in [3.8, 4) is 0 Å². The van der Waals surface area contributed by atoms with Gasteiger partial charge in [-0.05, 0) is 43.5 Å². The number of amides is 1. The Kier molecular flexibility index (Phi) is 6.93. The molecule has 1 aromatic carbocycles. The predicted molar refractivity (Wildman–Crippen MR) is 112 cm³/mol. The monoisotopic (exact) mass is 398 g/mol. The number of carbonyl (C=O) groups excluding carboxylic acids is 1. The van der Waals surface area contributed by atoms with E-state index in [0.717, 1.165) is 24.1 Å². The standard InChI is InChI=1S/C22H30N4O3/c1-3-23-21(25-16-22(2,28)19-10-7-13-29-19)24-14-17-8-4-5-9-18(17)15-26-12-6-11-20(26)27/h4-5,7-10,13,28H,3,6,11-12,14-16H2,1-2H3,(H2,23,24,25). The molecule has 1 fully saturated rings. The van der Waals surface area contributed by atoms with Gasteiger partial charge in [0.25, 0.3) is 0 Å². The van der Waals surface area contributed by atoms with E-state index in [4.69, 9.17) is 4.42 Å². The van der Waals surface area contributed by atoms with E-state index in [0.29, 0.717) is 37.8 Å². The number of hydrogen-bond acceptors (Lipinski definition) is 4. The second-order valence-corrected chi connectivity index (χ2v) is 7.49. The molecule has 0 spiro atoms. The van der Waals surface area contributed by atoms with E-state index >= 15 is 0 Å². The SMILES string of the molecule is CCNC(=NCc1ccccc1CN1CCCC1=O)NCC(C)(O)c1ccco1. The van der Waals surface area contributed by atoms with Crippen LogP contribution < -0.4 is 10.6 Å². The second-order valence-electron chi connectivity index (χ2n) is 7.49. The van der Waals surface area contributed by atoms with Gasteiger partial charge in [-0.1, -0.05) is 24.3 Å². The smallest absolute Gasteiger partial charge is 0.222 e. The van der Waals surface area contributed by atoms with Crippen LogP contribution in [0.3, 0.4) is 0 Å². The summed E-state index contributed by atoms with van der Waals surface area (Å²) in [6.07, 6.45) is 3.12. The van der Waals surface area contributed by atoms with Gasteiger partial charge in [0.1, 0.15) is 11.4 Å². The molecule has 1 aromatic heterocycles. The van der Waals surface area contributed by atoms with E-state index < -0.39 is 5.60 Å². The fourth-order valence-corrected chi connectivity index (χ4v) is 3.38.